The highest BCUT2D eigenvalue weighted by atomic mass is 16.1. The summed E-state index contributed by atoms with van der Waals surface area (Å²) < 4.78 is 1.99. The van der Waals surface area contributed by atoms with E-state index in [9.17, 15) is 4.79 Å². The first-order valence-corrected chi connectivity index (χ1v) is 9.61. The third kappa shape index (κ3) is 3.55. The molecule has 29 heavy (non-hydrogen) atoms. The van der Waals surface area contributed by atoms with Gasteiger partial charge in [0, 0.05) is 11.8 Å². The van der Waals surface area contributed by atoms with Gasteiger partial charge < -0.3 is 0 Å². The number of carbonyl (C=O) groups is 1. The largest absolute Gasteiger partial charge is 0.295 e. The van der Waals surface area contributed by atoms with Crippen molar-refractivity contribution >= 4 is 11.9 Å². The monoisotopic (exact) mass is 378 g/mol. The average Bonchev–Trinajstić information content (AvgIpc) is 3.24. The molecule has 0 fully saturated rings. The van der Waals surface area contributed by atoms with Gasteiger partial charge in [0.05, 0.1) is 6.20 Å². The first kappa shape index (κ1) is 18.6. The Morgan fingerprint density at radius 3 is 1.66 bits per heavy atom. The minimum atomic E-state index is -0.633. The molecule has 0 saturated carbocycles. The van der Waals surface area contributed by atoms with Gasteiger partial charge in [0.2, 0.25) is 0 Å². The number of carbonyl (C=O) groups excluding carboxylic acids is 1. The summed E-state index contributed by atoms with van der Waals surface area (Å²) in [6.07, 6.45) is 7.16. The summed E-state index contributed by atoms with van der Waals surface area (Å²) >= 11 is 0. The van der Waals surface area contributed by atoms with Gasteiger partial charge in [-0.3, -0.25) is 9.48 Å². The van der Waals surface area contributed by atoms with Crippen LogP contribution in [0.5, 0.6) is 0 Å². The van der Waals surface area contributed by atoms with Crippen LogP contribution in [0.4, 0.5) is 0 Å². The van der Waals surface area contributed by atoms with Crippen LogP contribution in [0.2, 0.25) is 0 Å². The number of hydrogen-bond donors (Lipinski definition) is 0. The first-order valence-electron chi connectivity index (χ1n) is 9.61. The third-order valence-electron chi connectivity index (χ3n) is 5.03. The van der Waals surface area contributed by atoms with E-state index in [1.54, 1.807) is 25.3 Å². The zero-order valence-electron chi connectivity index (χ0n) is 16.3. The maximum atomic E-state index is 11.4. The summed E-state index contributed by atoms with van der Waals surface area (Å²) in [7, 11) is 0. The molecule has 1 heterocycles. The zero-order chi connectivity index (χ0) is 20.1. The summed E-state index contributed by atoms with van der Waals surface area (Å²) in [5.74, 6) is 0.0122. The van der Waals surface area contributed by atoms with Crippen molar-refractivity contribution in [1.29, 1.82) is 0 Å². The number of rotatable bonds is 6. The predicted molar refractivity (Wildman–Crippen MR) is 117 cm³/mol. The minimum Gasteiger partial charge on any atom is -0.295 e. The van der Waals surface area contributed by atoms with Crippen molar-refractivity contribution in [3.8, 4) is 0 Å². The number of nitrogens with zero attached hydrogens (tertiary/aromatic N) is 2. The van der Waals surface area contributed by atoms with Crippen molar-refractivity contribution in [2.75, 3.05) is 0 Å². The Balaban J connectivity index is 2.02. The Morgan fingerprint density at radius 2 is 1.24 bits per heavy atom. The molecule has 0 saturated heterocycles. The van der Waals surface area contributed by atoms with Crippen molar-refractivity contribution < 1.29 is 4.79 Å². The van der Waals surface area contributed by atoms with Crippen molar-refractivity contribution in [3.63, 3.8) is 0 Å². The Labute approximate surface area is 171 Å². The molecule has 0 unspecified atom stereocenters. The van der Waals surface area contributed by atoms with E-state index in [-0.39, 0.29) is 5.78 Å². The van der Waals surface area contributed by atoms with Crippen LogP contribution >= 0.6 is 0 Å². The molecule has 0 bridgehead atoms. The molecule has 3 heteroatoms. The van der Waals surface area contributed by atoms with Gasteiger partial charge in [-0.1, -0.05) is 91.0 Å². The van der Waals surface area contributed by atoms with E-state index in [4.69, 9.17) is 5.10 Å². The molecule has 0 aliphatic rings. The summed E-state index contributed by atoms with van der Waals surface area (Å²) in [6, 6.07) is 31.2. The lowest BCUT2D eigenvalue weighted by Crippen LogP contribution is -2.38. The second kappa shape index (κ2) is 8.11. The number of allylic oxidation sites excluding steroid dienone is 1. The van der Waals surface area contributed by atoms with E-state index in [2.05, 4.69) is 72.8 Å². The molecule has 0 N–H and O–H groups in total. The molecule has 4 aromatic rings. The molecule has 1 aromatic heterocycles. The topological polar surface area (TPSA) is 34.9 Å². The highest BCUT2D eigenvalue weighted by Gasteiger charge is 2.39. The lowest BCUT2D eigenvalue weighted by Gasteiger charge is -2.36. The highest BCUT2D eigenvalue weighted by Crippen LogP contribution is 2.40. The van der Waals surface area contributed by atoms with E-state index in [1.165, 1.54) is 0 Å². The molecule has 0 spiro atoms. The van der Waals surface area contributed by atoms with Crippen LogP contribution in [0, 0.1) is 0 Å². The lowest BCUT2D eigenvalue weighted by molar-refractivity contribution is -0.112. The fourth-order valence-corrected chi connectivity index (χ4v) is 3.75. The molecule has 0 amide bonds. The summed E-state index contributed by atoms with van der Waals surface area (Å²) in [5, 5.41) is 4.75. The van der Waals surface area contributed by atoms with E-state index in [0.717, 1.165) is 22.3 Å². The molecular weight excluding hydrogens is 356 g/mol. The summed E-state index contributed by atoms with van der Waals surface area (Å²) in [5.41, 5.74) is 3.59. The summed E-state index contributed by atoms with van der Waals surface area (Å²) in [4.78, 5) is 11.4. The normalized spacial score (nSPS) is 11.6. The van der Waals surface area contributed by atoms with Gasteiger partial charge in [0.15, 0.2) is 5.78 Å². The van der Waals surface area contributed by atoms with Gasteiger partial charge in [-0.05, 0) is 35.8 Å². The number of aromatic nitrogens is 2. The van der Waals surface area contributed by atoms with Gasteiger partial charge in [-0.2, -0.15) is 5.10 Å². The molecule has 4 rings (SSSR count). The second-order valence-electron chi connectivity index (χ2n) is 6.97. The van der Waals surface area contributed by atoms with E-state index in [1.807, 2.05) is 29.1 Å². The van der Waals surface area contributed by atoms with Crippen LogP contribution < -0.4 is 0 Å². The fraction of sp³-hybridized carbons (Fsp3) is 0.0769. The minimum absolute atomic E-state index is 0.0122. The maximum absolute atomic E-state index is 11.4. The third-order valence-corrected chi connectivity index (χ3v) is 5.03. The first-order chi connectivity index (χ1) is 14.2. The van der Waals surface area contributed by atoms with Crippen molar-refractivity contribution in [1.82, 2.24) is 9.78 Å². The van der Waals surface area contributed by atoms with E-state index in [0.29, 0.717) is 0 Å². The molecular formula is C26H22N2O. The van der Waals surface area contributed by atoms with E-state index >= 15 is 0 Å². The van der Waals surface area contributed by atoms with Crippen LogP contribution in [-0.4, -0.2) is 15.6 Å². The van der Waals surface area contributed by atoms with Gasteiger partial charge in [0.1, 0.15) is 5.54 Å². The summed E-state index contributed by atoms with van der Waals surface area (Å²) in [6.45, 7) is 1.54. The zero-order valence-corrected chi connectivity index (χ0v) is 16.3. The number of ketones is 1. The van der Waals surface area contributed by atoms with Crippen molar-refractivity contribution in [2.24, 2.45) is 0 Å². The quantitative estimate of drug-likeness (QED) is 0.336. The molecule has 3 aromatic carbocycles. The number of benzene rings is 3. The molecule has 0 aliphatic heterocycles. The SMILES string of the molecule is CC(=O)/C=C/c1cnn(C(c2ccccc2)(c2ccccc2)c2ccccc2)c1. The van der Waals surface area contributed by atoms with Crippen molar-refractivity contribution in [3.05, 3.63) is 132 Å². The Hall–Kier alpha value is -3.72. The van der Waals surface area contributed by atoms with Crippen LogP contribution in [0.15, 0.2) is 109 Å². The van der Waals surface area contributed by atoms with Gasteiger partial charge in [0.25, 0.3) is 0 Å². The van der Waals surface area contributed by atoms with Crippen LogP contribution in [0.3, 0.4) is 0 Å². The average molecular weight is 378 g/mol. The van der Waals surface area contributed by atoms with Gasteiger partial charge in [-0.25, -0.2) is 0 Å². The molecule has 0 atom stereocenters. The lowest BCUT2D eigenvalue weighted by atomic mass is 9.77. The molecule has 0 aliphatic carbocycles. The Kier molecular flexibility index (Phi) is 5.21. The standard InChI is InChI=1S/C26H22N2O/c1-21(29)17-18-22-19-27-28(20-22)26(23-11-5-2-6-12-23,24-13-7-3-8-14-24)25-15-9-4-10-16-25/h2-20H,1H3/b18-17+. The Morgan fingerprint density at radius 1 is 0.793 bits per heavy atom. The van der Waals surface area contributed by atoms with Crippen LogP contribution in [-0.2, 0) is 10.3 Å². The Bertz CT molecular complexity index is 1020. The molecule has 142 valence electrons. The smallest absolute Gasteiger partial charge is 0.152 e. The number of hydrogen-bond acceptors (Lipinski definition) is 2. The molecule has 3 nitrogen and oxygen atoms in total. The van der Waals surface area contributed by atoms with E-state index < -0.39 is 5.54 Å². The second-order valence-corrected chi connectivity index (χ2v) is 6.97. The van der Waals surface area contributed by atoms with Crippen LogP contribution in [0.25, 0.3) is 6.08 Å². The molecule has 0 radical (unpaired) electrons. The van der Waals surface area contributed by atoms with Gasteiger partial charge in [-0.15, -0.1) is 0 Å². The predicted octanol–water partition coefficient (Wildman–Crippen LogP) is 5.33. The fourth-order valence-electron chi connectivity index (χ4n) is 3.75. The maximum Gasteiger partial charge on any atom is 0.152 e. The van der Waals surface area contributed by atoms with Gasteiger partial charge >= 0.3 is 0 Å². The van der Waals surface area contributed by atoms with Crippen LogP contribution in [0.1, 0.15) is 29.2 Å². The highest BCUT2D eigenvalue weighted by molar-refractivity contribution is 5.91. The van der Waals surface area contributed by atoms with Crippen molar-refractivity contribution in [2.45, 2.75) is 12.5 Å².